The van der Waals surface area contributed by atoms with Gasteiger partial charge in [0.05, 0.1) is 17.7 Å². The van der Waals surface area contributed by atoms with Crippen LogP contribution in [0.1, 0.15) is 27.9 Å². The summed E-state index contributed by atoms with van der Waals surface area (Å²) in [6, 6.07) is 7.94. The molecule has 0 saturated carbocycles. The highest BCUT2D eigenvalue weighted by Crippen LogP contribution is 2.26. The van der Waals surface area contributed by atoms with Crippen molar-refractivity contribution in [2.45, 2.75) is 20.4 Å². The molecule has 0 fully saturated rings. The van der Waals surface area contributed by atoms with E-state index >= 15 is 0 Å². The van der Waals surface area contributed by atoms with Gasteiger partial charge in [-0.25, -0.2) is 4.98 Å². The monoisotopic (exact) mass is 290 g/mol. The Morgan fingerprint density at radius 3 is 2.50 bits per heavy atom. The first-order chi connectivity index (χ1) is 9.51. The standard InChI is InChI=1S/C15H18N2O2S/c1-10-14(11(2)18)20-15(16-10)17(3)9-12-5-7-13(19-4)8-6-12/h5-8H,9H2,1-4H3. The smallest absolute Gasteiger partial charge is 0.186 e. The molecule has 0 aliphatic carbocycles. The van der Waals surface area contributed by atoms with Crippen molar-refractivity contribution in [2.75, 3.05) is 19.1 Å². The van der Waals surface area contributed by atoms with Gasteiger partial charge in [-0.3, -0.25) is 4.79 Å². The van der Waals surface area contributed by atoms with E-state index in [1.165, 1.54) is 16.9 Å². The summed E-state index contributed by atoms with van der Waals surface area (Å²) in [6.45, 7) is 4.19. The van der Waals surface area contributed by atoms with E-state index in [0.29, 0.717) is 0 Å². The Morgan fingerprint density at radius 1 is 1.35 bits per heavy atom. The molecule has 0 amide bonds. The summed E-state index contributed by atoms with van der Waals surface area (Å²) < 4.78 is 5.14. The third kappa shape index (κ3) is 3.17. The van der Waals surface area contributed by atoms with Gasteiger partial charge in [0, 0.05) is 20.5 Å². The molecule has 1 heterocycles. The van der Waals surface area contributed by atoms with E-state index in [-0.39, 0.29) is 5.78 Å². The van der Waals surface area contributed by atoms with Crippen LogP contribution in [-0.2, 0) is 6.54 Å². The van der Waals surface area contributed by atoms with Crippen molar-refractivity contribution in [3.8, 4) is 5.75 Å². The van der Waals surface area contributed by atoms with Crippen LogP contribution in [0.25, 0.3) is 0 Å². The SMILES string of the molecule is COc1ccc(CN(C)c2nc(C)c(C(C)=O)s2)cc1. The molecular formula is C15H18N2O2S. The summed E-state index contributed by atoms with van der Waals surface area (Å²) in [6.07, 6.45) is 0. The van der Waals surface area contributed by atoms with Gasteiger partial charge in [-0.05, 0) is 24.6 Å². The van der Waals surface area contributed by atoms with Crippen LogP contribution in [0.15, 0.2) is 24.3 Å². The van der Waals surface area contributed by atoms with Crippen LogP contribution in [-0.4, -0.2) is 24.9 Å². The maximum atomic E-state index is 11.5. The molecule has 5 heteroatoms. The second-order valence-electron chi connectivity index (χ2n) is 4.67. The second-order valence-corrected chi connectivity index (χ2v) is 5.65. The van der Waals surface area contributed by atoms with Gasteiger partial charge in [0.15, 0.2) is 10.9 Å². The molecule has 1 aromatic carbocycles. The normalized spacial score (nSPS) is 10.4. The van der Waals surface area contributed by atoms with Crippen molar-refractivity contribution in [3.05, 3.63) is 40.4 Å². The lowest BCUT2D eigenvalue weighted by molar-refractivity contribution is 0.102. The summed E-state index contributed by atoms with van der Waals surface area (Å²) in [7, 11) is 3.63. The predicted molar refractivity (Wildman–Crippen MR) is 82.0 cm³/mol. The molecule has 4 nitrogen and oxygen atoms in total. The Balaban J connectivity index is 2.12. The molecule has 0 spiro atoms. The molecule has 0 aliphatic heterocycles. The van der Waals surface area contributed by atoms with Crippen molar-refractivity contribution >= 4 is 22.3 Å². The molecule has 0 atom stereocenters. The van der Waals surface area contributed by atoms with Crippen LogP contribution in [0, 0.1) is 6.92 Å². The lowest BCUT2D eigenvalue weighted by atomic mass is 10.2. The van der Waals surface area contributed by atoms with E-state index in [2.05, 4.69) is 4.98 Å². The maximum Gasteiger partial charge on any atom is 0.186 e. The molecule has 0 N–H and O–H groups in total. The minimum Gasteiger partial charge on any atom is -0.497 e. The number of ether oxygens (including phenoxy) is 1. The zero-order valence-electron chi connectivity index (χ0n) is 12.1. The molecule has 0 saturated heterocycles. The molecule has 0 bridgehead atoms. The number of aryl methyl sites for hydroxylation is 1. The fraction of sp³-hybridized carbons (Fsp3) is 0.333. The number of nitrogens with zero attached hydrogens (tertiary/aromatic N) is 2. The summed E-state index contributed by atoms with van der Waals surface area (Å²) in [4.78, 5) is 18.7. The number of carbonyl (C=O) groups excluding carboxylic acids is 1. The number of ketones is 1. The first kappa shape index (κ1) is 14.5. The molecule has 20 heavy (non-hydrogen) atoms. The van der Waals surface area contributed by atoms with E-state index in [4.69, 9.17) is 4.74 Å². The number of anilines is 1. The van der Waals surface area contributed by atoms with Gasteiger partial charge < -0.3 is 9.64 Å². The highest BCUT2D eigenvalue weighted by Gasteiger charge is 2.14. The Kier molecular flexibility index (Phi) is 4.39. The molecule has 106 valence electrons. The van der Waals surface area contributed by atoms with Gasteiger partial charge in [0.2, 0.25) is 0 Å². The zero-order chi connectivity index (χ0) is 14.7. The molecule has 1 aromatic heterocycles. The van der Waals surface area contributed by atoms with Gasteiger partial charge in [-0.1, -0.05) is 23.5 Å². The molecule has 2 rings (SSSR count). The highest BCUT2D eigenvalue weighted by molar-refractivity contribution is 7.17. The topological polar surface area (TPSA) is 42.4 Å². The van der Waals surface area contributed by atoms with Crippen LogP contribution < -0.4 is 9.64 Å². The number of rotatable bonds is 5. The van der Waals surface area contributed by atoms with E-state index in [1.54, 1.807) is 14.0 Å². The number of methoxy groups -OCH3 is 1. The van der Waals surface area contributed by atoms with E-state index in [0.717, 1.165) is 28.0 Å². The maximum absolute atomic E-state index is 11.5. The average molecular weight is 290 g/mol. The second kappa shape index (κ2) is 6.05. The third-order valence-corrected chi connectivity index (χ3v) is 4.38. The fourth-order valence-electron chi connectivity index (χ4n) is 1.94. The first-order valence-electron chi connectivity index (χ1n) is 6.33. The fourth-order valence-corrected chi connectivity index (χ4v) is 2.87. The number of Topliss-reactive ketones (excluding diaryl/α,β-unsaturated/α-hetero) is 1. The quantitative estimate of drug-likeness (QED) is 0.792. The number of thiazole rings is 1. The van der Waals surface area contributed by atoms with E-state index < -0.39 is 0 Å². The summed E-state index contributed by atoms with van der Waals surface area (Å²) in [5.41, 5.74) is 1.98. The van der Waals surface area contributed by atoms with Crippen molar-refractivity contribution in [2.24, 2.45) is 0 Å². The lowest BCUT2D eigenvalue weighted by Crippen LogP contribution is -2.15. The summed E-state index contributed by atoms with van der Waals surface area (Å²) >= 11 is 1.44. The van der Waals surface area contributed by atoms with Gasteiger partial charge in [-0.15, -0.1) is 0 Å². The number of hydrogen-bond donors (Lipinski definition) is 0. The Bertz CT molecular complexity index is 605. The van der Waals surface area contributed by atoms with Gasteiger partial charge in [0.1, 0.15) is 5.75 Å². The van der Waals surface area contributed by atoms with Gasteiger partial charge in [-0.2, -0.15) is 0 Å². The largest absolute Gasteiger partial charge is 0.497 e. The van der Waals surface area contributed by atoms with Crippen molar-refractivity contribution in [3.63, 3.8) is 0 Å². The van der Waals surface area contributed by atoms with Gasteiger partial charge in [0.25, 0.3) is 0 Å². The first-order valence-corrected chi connectivity index (χ1v) is 7.15. The number of benzene rings is 1. The zero-order valence-corrected chi connectivity index (χ0v) is 13.0. The van der Waals surface area contributed by atoms with Crippen molar-refractivity contribution in [1.82, 2.24) is 4.98 Å². The van der Waals surface area contributed by atoms with Gasteiger partial charge >= 0.3 is 0 Å². The minimum atomic E-state index is 0.0732. The van der Waals surface area contributed by atoms with Crippen LogP contribution in [0.4, 0.5) is 5.13 Å². The average Bonchev–Trinajstić information content (AvgIpc) is 2.82. The molecular weight excluding hydrogens is 272 g/mol. The number of aromatic nitrogens is 1. The Morgan fingerprint density at radius 2 is 2.00 bits per heavy atom. The molecule has 0 aliphatic rings. The van der Waals surface area contributed by atoms with Crippen LogP contribution in [0.3, 0.4) is 0 Å². The van der Waals surface area contributed by atoms with E-state index in [9.17, 15) is 4.79 Å². The lowest BCUT2D eigenvalue weighted by Gasteiger charge is -2.15. The van der Waals surface area contributed by atoms with Crippen LogP contribution in [0.5, 0.6) is 5.75 Å². The Hall–Kier alpha value is -1.88. The molecule has 0 unspecified atom stereocenters. The van der Waals surface area contributed by atoms with Crippen molar-refractivity contribution in [1.29, 1.82) is 0 Å². The third-order valence-electron chi connectivity index (χ3n) is 3.01. The number of carbonyl (C=O) groups is 1. The molecule has 2 aromatic rings. The van der Waals surface area contributed by atoms with Crippen molar-refractivity contribution < 1.29 is 9.53 Å². The molecule has 0 radical (unpaired) electrons. The summed E-state index contributed by atoms with van der Waals surface area (Å²) in [5.74, 6) is 0.921. The van der Waals surface area contributed by atoms with Crippen LogP contribution in [0.2, 0.25) is 0 Å². The van der Waals surface area contributed by atoms with Crippen LogP contribution >= 0.6 is 11.3 Å². The predicted octanol–water partition coefficient (Wildman–Crippen LogP) is 3.30. The van der Waals surface area contributed by atoms with E-state index in [1.807, 2.05) is 43.1 Å². The highest BCUT2D eigenvalue weighted by atomic mass is 32.1. The Labute approximate surface area is 123 Å². The summed E-state index contributed by atoms with van der Waals surface area (Å²) in [5, 5.41) is 0.864. The number of hydrogen-bond acceptors (Lipinski definition) is 5. The minimum absolute atomic E-state index is 0.0732.